The van der Waals surface area contributed by atoms with Gasteiger partial charge in [0, 0.05) is 5.56 Å². The van der Waals surface area contributed by atoms with Crippen LogP contribution in [0.3, 0.4) is 0 Å². The summed E-state index contributed by atoms with van der Waals surface area (Å²) in [6, 6.07) is 14.4. The molecule has 0 atom stereocenters. The molecule has 1 aliphatic heterocycles. The number of methoxy groups -OCH3 is 1. The molecule has 1 aliphatic rings. The van der Waals surface area contributed by atoms with Crippen LogP contribution in [-0.2, 0) is 11.3 Å². The molecule has 0 aliphatic carbocycles. The average molecular weight is 398 g/mol. The maximum Gasteiger partial charge on any atom is 0.204 e. The number of para-hydroxylation sites is 1. The van der Waals surface area contributed by atoms with Gasteiger partial charge in [0.2, 0.25) is 5.13 Å². The zero-order valence-electron chi connectivity index (χ0n) is 16.2. The first kappa shape index (κ1) is 18.9. The van der Waals surface area contributed by atoms with Gasteiger partial charge in [-0.15, -0.1) is 0 Å². The Morgan fingerprint density at radius 2 is 2.07 bits per heavy atom. The molecule has 0 amide bonds. The van der Waals surface area contributed by atoms with E-state index >= 15 is 0 Å². The molecule has 1 aromatic heterocycles. The highest BCUT2D eigenvalue weighted by atomic mass is 32.1. The van der Waals surface area contributed by atoms with E-state index in [2.05, 4.69) is 33.7 Å². The van der Waals surface area contributed by atoms with Crippen LogP contribution in [0.2, 0.25) is 0 Å². The van der Waals surface area contributed by atoms with Crippen molar-refractivity contribution < 1.29 is 14.4 Å². The highest BCUT2D eigenvalue weighted by Crippen LogP contribution is 2.25. The lowest BCUT2D eigenvalue weighted by molar-refractivity contribution is -0.921. The van der Waals surface area contributed by atoms with E-state index in [9.17, 15) is 0 Å². The van der Waals surface area contributed by atoms with Crippen LogP contribution in [0.15, 0.2) is 47.6 Å². The lowest BCUT2D eigenvalue weighted by Crippen LogP contribution is -3.12. The molecule has 0 radical (unpaired) electrons. The molecule has 2 N–H and O–H groups in total. The zero-order valence-corrected chi connectivity index (χ0v) is 17.0. The molecule has 0 unspecified atom stereocenters. The van der Waals surface area contributed by atoms with E-state index in [1.165, 1.54) is 10.5 Å². The highest BCUT2D eigenvalue weighted by molar-refractivity contribution is 7.22. The van der Waals surface area contributed by atoms with Gasteiger partial charge in [-0.05, 0) is 42.8 Å². The van der Waals surface area contributed by atoms with Crippen molar-refractivity contribution in [2.75, 3.05) is 38.8 Å². The van der Waals surface area contributed by atoms with Crippen LogP contribution in [0.1, 0.15) is 18.1 Å². The first-order chi connectivity index (χ1) is 13.7. The number of hydrazone groups is 1. The summed E-state index contributed by atoms with van der Waals surface area (Å²) in [6.07, 6.45) is 0. The number of morpholine rings is 1. The summed E-state index contributed by atoms with van der Waals surface area (Å²) in [6.45, 7) is 6.64. The van der Waals surface area contributed by atoms with Crippen LogP contribution >= 0.6 is 11.3 Å². The Hall–Kier alpha value is -2.48. The van der Waals surface area contributed by atoms with E-state index in [-0.39, 0.29) is 0 Å². The Morgan fingerprint density at radius 1 is 1.25 bits per heavy atom. The van der Waals surface area contributed by atoms with Crippen molar-refractivity contribution in [3.8, 4) is 5.75 Å². The molecule has 0 spiro atoms. The van der Waals surface area contributed by atoms with E-state index in [0.29, 0.717) is 0 Å². The molecule has 4 rings (SSSR count). The van der Waals surface area contributed by atoms with Gasteiger partial charge < -0.3 is 14.4 Å². The number of fused-ring (bicyclic) bond motifs is 1. The number of aromatic nitrogens is 1. The van der Waals surface area contributed by atoms with E-state index in [4.69, 9.17) is 9.47 Å². The molecule has 6 nitrogen and oxygen atoms in total. The number of benzene rings is 2. The molecule has 2 heterocycles. The first-order valence-electron chi connectivity index (χ1n) is 9.47. The number of hydrogen-bond donors (Lipinski definition) is 2. The van der Waals surface area contributed by atoms with Gasteiger partial charge in [-0.1, -0.05) is 23.5 Å². The Bertz CT molecular complexity index is 946. The average Bonchev–Trinajstić information content (AvgIpc) is 3.16. The molecular weight excluding hydrogens is 372 g/mol. The molecule has 28 heavy (non-hydrogen) atoms. The predicted octanol–water partition coefficient (Wildman–Crippen LogP) is 2.56. The zero-order chi connectivity index (χ0) is 19.3. The maximum absolute atomic E-state index is 5.58. The minimum Gasteiger partial charge on any atom is -0.496 e. The van der Waals surface area contributed by atoms with Crippen molar-refractivity contribution in [2.45, 2.75) is 13.5 Å². The SMILES string of the molecule is COc1ccc(/C(C)=N\Nc2nc3ccccc3s2)cc1C[NH+]1CCOCC1. The van der Waals surface area contributed by atoms with Crippen molar-refractivity contribution in [1.29, 1.82) is 0 Å². The molecule has 2 aromatic carbocycles. The third-order valence-corrected chi connectivity index (χ3v) is 5.89. The molecule has 146 valence electrons. The van der Waals surface area contributed by atoms with Crippen LogP contribution in [0, 0.1) is 0 Å². The second kappa shape index (κ2) is 8.68. The van der Waals surface area contributed by atoms with E-state index in [0.717, 1.165) is 65.2 Å². The molecule has 3 aromatic rings. The first-order valence-corrected chi connectivity index (χ1v) is 10.3. The molecular formula is C21H25N4O2S+. The van der Waals surface area contributed by atoms with Crippen molar-refractivity contribution in [3.63, 3.8) is 0 Å². The standard InChI is InChI=1S/C21H24N4O2S/c1-15(23-24-21-22-18-5-3-4-6-20(18)28-21)16-7-8-19(26-2)17(13-16)14-25-9-11-27-12-10-25/h3-8,13H,9-12,14H2,1-2H3,(H,22,24)/p+1/b23-15-. The minimum absolute atomic E-state index is 0.798. The molecule has 0 bridgehead atoms. The fourth-order valence-electron chi connectivity index (χ4n) is 3.36. The monoisotopic (exact) mass is 397 g/mol. The Kier molecular flexibility index (Phi) is 5.85. The summed E-state index contributed by atoms with van der Waals surface area (Å²) < 4.78 is 12.2. The van der Waals surface area contributed by atoms with Gasteiger partial charge in [-0.2, -0.15) is 5.10 Å². The quantitative estimate of drug-likeness (QED) is 0.496. The Balaban J connectivity index is 1.51. The lowest BCUT2D eigenvalue weighted by Gasteiger charge is -2.24. The second-order valence-corrected chi connectivity index (χ2v) is 7.89. The predicted molar refractivity (Wildman–Crippen MR) is 114 cm³/mol. The van der Waals surface area contributed by atoms with Gasteiger partial charge in [-0.25, -0.2) is 4.98 Å². The molecule has 1 saturated heterocycles. The summed E-state index contributed by atoms with van der Waals surface area (Å²) in [5.41, 5.74) is 7.29. The molecule has 0 saturated carbocycles. The van der Waals surface area contributed by atoms with Crippen LogP contribution in [0.5, 0.6) is 5.75 Å². The third-order valence-electron chi connectivity index (χ3n) is 4.95. The summed E-state index contributed by atoms with van der Waals surface area (Å²) in [4.78, 5) is 6.08. The summed E-state index contributed by atoms with van der Waals surface area (Å²) in [5, 5.41) is 5.35. The van der Waals surface area contributed by atoms with Crippen LogP contribution in [0.4, 0.5) is 5.13 Å². The smallest absolute Gasteiger partial charge is 0.204 e. The van der Waals surface area contributed by atoms with Crippen molar-refractivity contribution in [2.24, 2.45) is 5.10 Å². The Morgan fingerprint density at radius 3 is 2.86 bits per heavy atom. The number of hydrogen-bond acceptors (Lipinski definition) is 6. The molecule has 1 fully saturated rings. The largest absolute Gasteiger partial charge is 0.496 e. The fraction of sp³-hybridized carbons (Fsp3) is 0.333. The molecule has 7 heteroatoms. The van der Waals surface area contributed by atoms with Gasteiger partial charge >= 0.3 is 0 Å². The third kappa shape index (κ3) is 4.32. The van der Waals surface area contributed by atoms with Crippen LogP contribution < -0.4 is 15.1 Å². The Labute approximate surface area is 168 Å². The summed E-state index contributed by atoms with van der Waals surface area (Å²) in [5.74, 6) is 0.926. The number of ether oxygens (including phenoxy) is 2. The summed E-state index contributed by atoms with van der Waals surface area (Å²) in [7, 11) is 1.72. The van der Waals surface area contributed by atoms with Crippen LogP contribution in [-0.4, -0.2) is 44.1 Å². The van der Waals surface area contributed by atoms with E-state index in [1.54, 1.807) is 18.4 Å². The minimum atomic E-state index is 0.798. The number of anilines is 1. The fourth-order valence-corrected chi connectivity index (χ4v) is 4.17. The highest BCUT2D eigenvalue weighted by Gasteiger charge is 2.17. The van der Waals surface area contributed by atoms with Gasteiger partial charge in [0.25, 0.3) is 0 Å². The number of thiazole rings is 1. The van der Waals surface area contributed by atoms with Gasteiger partial charge in [0.1, 0.15) is 25.4 Å². The summed E-state index contributed by atoms with van der Waals surface area (Å²) >= 11 is 1.60. The van der Waals surface area contributed by atoms with E-state index in [1.807, 2.05) is 31.2 Å². The van der Waals surface area contributed by atoms with Crippen molar-refractivity contribution >= 4 is 32.4 Å². The van der Waals surface area contributed by atoms with E-state index < -0.39 is 0 Å². The number of nitrogens with one attached hydrogen (secondary N) is 2. The van der Waals surface area contributed by atoms with Gasteiger partial charge in [0.05, 0.1) is 36.3 Å². The number of rotatable bonds is 6. The normalized spacial score (nSPS) is 15.7. The maximum atomic E-state index is 5.58. The topological polar surface area (TPSA) is 60.2 Å². The van der Waals surface area contributed by atoms with Gasteiger partial charge in [-0.3, -0.25) is 5.43 Å². The van der Waals surface area contributed by atoms with Gasteiger partial charge in [0.15, 0.2) is 0 Å². The number of quaternary nitrogens is 1. The lowest BCUT2D eigenvalue weighted by atomic mass is 10.1. The number of nitrogens with zero attached hydrogens (tertiary/aromatic N) is 2. The van der Waals surface area contributed by atoms with Crippen LogP contribution in [0.25, 0.3) is 10.2 Å². The van der Waals surface area contributed by atoms with Crippen molar-refractivity contribution in [1.82, 2.24) is 4.98 Å². The van der Waals surface area contributed by atoms with Crippen molar-refractivity contribution in [3.05, 3.63) is 53.6 Å². The second-order valence-electron chi connectivity index (χ2n) is 6.86.